The van der Waals surface area contributed by atoms with E-state index in [0.717, 1.165) is 12.8 Å². The van der Waals surface area contributed by atoms with E-state index in [1.807, 2.05) is 0 Å². The summed E-state index contributed by atoms with van der Waals surface area (Å²) in [5.41, 5.74) is 5.92. The van der Waals surface area contributed by atoms with Crippen LogP contribution < -0.4 is 5.73 Å². The SMILES string of the molecule is N#C[C@@H]1CCCN1C(=O)CC(N)CC(=O)N1CCC[C@H]1C#N. The molecule has 2 aliphatic rings. The van der Waals surface area contributed by atoms with E-state index in [-0.39, 0.29) is 36.7 Å². The second-order valence-electron chi connectivity index (χ2n) is 5.92. The second kappa shape index (κ2) is 7.24. The number of rotatable bonds is 4. The van der Waals surface area contributed by atoms with Crippen molar-refractivity contribution in [3.63, 3.8) is 0 Å². The Labute approximate surface area is 130 Å². The van der Waals surface area contributed by atoms with E-state index in [0.29, 0.717) is 25.9 Å². The van der Waals surface area contributed by atoms with Crippen LogP contribution in [0.5, 0.6) is 0 Å². The van der Waals surface area contributed by atoms with Crippen molar-refractivity contribution < 1.29 is 9.59 Å². The third-order valence-corrected chi connectivity index (χ3v) is 4.32. The van der Waals surface area contributed by atoms with Gasteiger partial charge in [-0.2, -0.15) is 10.5 Å². The van der Waals surface area contributed by atoms with Crippen LogP contribution in [0, 0.1) is 22.7 Å². The van der Waals surface area contributed by atoms with Crippen molar-refractivity contribution in [2.45, 2.75) is 56.7 Å². The summed E-state index contributed by atoms with van der Waals surface area (Å²) in [7, 11) is 0. The van der Waals surface area contributed by atoms with Gasteiger partial charge in [-0.1, -0.05) is 0 Å². The molecule has 0 radical (unpaired) electrons. The molecule has 0 aliphatic carbocycles. The summed E-state index contributed by atoms with van der Waals surface area (Å²) in [6, 6.07) is 2.94. The van der Waals surface area contributed by atoms with Gasteiger partial charge in [-0.15, -0.1) is 0 Å². The Hall–Kier alpha value is -2.12. The summed E-state index contributed by atoms with van der Waals surface area (Å²) in [5.74, 6) is -0.329. The molecule has 0 saturated carbocycles. The van der Waals surface area contributed by atoms with Crippen molar-refractivity contribution in [1.29, 1.82) is 10.5 Å². The summed E-state index contributed by atoms with van der Waals surface area (Å²) in [6.07, 6.45) is 3.19. The fourth-order valence-electron chi connectivity index (χ4n) is 3.15. The van der Waals surface area contributed by atoms with Gasteiger partial charge in [0.1, 0.15) is 12.1 Å². The van der Waals surface area contributed by atoms with E-state index < -0.39 is 6.04 Å². The van der Waals surface area contributed by atoms with Gasteiger partial charge in [0, 0.05) is 32.0 Å². The van der Waals surface area contributed by atoms with Crippen molar-refractivity contribution in [3.8, 4) is 12.1 Å². The zero-order valence-corrected chi connectivity index (χ0v) is 12.6. The Balaban J connectivity index is 1.84. The van der Waals surface area contributed by atoms with Crippen LogP contribution in [0.2, 0.25) is 0 Å². The molecule has 2 N–H and O–H groups in total. The second-order valence-corrected chi connectivity index (χ2v) is 5.92. The molecule has 2 heterocycles. The predicted octanol–water partition coefficient (Wildman–Crippen LogP) is 0.123. The van der Waals surface area contributed by atoms with Crippen LogP contribution in [0.1, 0.15) is 38.5 Å². The van der Waals surface area contributed by atoms with Gasteiger partial charge in [-0.05, 0) is 25.7 Å². The van der Waals surface area contributed by atoms with Gasteiger partial charge < -0.3 is 15.5 Å². The van der Waals surface area contributed by atoms with Crippen LogP contribution in [0.15, 0.2) is 0 Å². The summed E-state index contributed by atoms with van der Waals surface area (Å²) >= 11 is 0. The molecule has 0 bridgehead atoms. The van der Waals surface area contributed by atoms with E-state index in [2.05, 4.69) is 12.1 Å². The lowest BCUT2D eigenvalue weighted by atomic mass is 10.1. The molecule has 0 spiro atoms. The van der Waals surface area contributed by atoms with Crippen molar-refractivity contribution >= 4 is 11.8 Å². The Morgan fingerprint density at radius 2 is 1.41 bits per heavy atom. The Kier molecular flexibility index (Phi) is 5.35. The lowest BCUT2D eigenvalue weighted by Crippen LogP contribution is -2.42. The maximum atomic E-state index is 12.2. The summed E-state index contributed by atoms with van der Waals surface area (Å²) in [6.45, 7) is 1.17. The maximum Gasteiger partial charge on any atom is 0.225 e. The van der Waals surface area contributed by atoms with Gasteiger partial charge in [-0.3, -0.25) is 9.59 Å². The van der Waals surface area contributed by atoms with Crippen LogP contribution in [0.3, 0.4) is 0 Å². The van der Waals surface area contributed by atoms with Crippen LogP contribution in [-0.4, -0.2) is 52.8 Å². The fraction of sp³-hybridized carbons (Fsp3) is 0.733. The molecule has 7 nitrogen and oxygen atoms in total. The lowest BCUT2D eigenvalue weighted by Gasteiger charge is -2.24. The molecule has 2 saturated heterocycles. The molecule has 2 atom stereocenters. The van der Waals surface area contributed by atoms with Crippen LogP contribution in [0.25, 0.3) is 0 Å². The van der Waals surface area contributed by atoms with Crippen molar-refractivity contribution in [2.75, 3.05) is 13.1 Å². The molecule has 0 aromatic carbocycles. The number of nitrogens with zero attached hydrogens (tertiary/aromatic N) is 4. The van der Waals surface area contributed by atoms with Gasteiger partial charge in [0.15, 0.2) is 0 Å². The largest absolute Gasteiger partial charge is 0.327 e. The van der Waals surface area contributed by atoms with Gasteiger partial charge in [0.2, 0.25) is 11.8 Å². The topological polar surface area (TPSA) is 114 Å². The maximum absolute atomic E-state index is 12.2. The first-order valence-corrected chi connectivity index (χ1v) is 7.70. The summed E-state index contributed by atoms with van der Waals surface area (Å²) in [4.78, 5) is 27.4. The van der Waals surface area contributed by atoms with Crippen LogP contribution in [0.4, 0.5) is 0 Å². The number of hydrogen-bond acceptors (Lipinski definition) is 5. The molecule has 0 aromatic rings. The number of hydrogen-bond donors (Lipinski definition) is 1. The number of amides is 2. The third kappa shape index (κ3) is 3.55. The average Bonchev–Trinajstić information content (AvgIpc) is 3.15. The fourth-order valence-corrected chi connectivity index (χ4v) is 3.15. The van der Waals surface area contributed by atoms with Crippen LogP contribution >= 0.6 is 0 Å². The third-order valence-electron chi connectivity index (χ3n) is 4.32. The molecular weight excluding hydrogens is 282 g/mol. The number of nitrogens with two attached hydrogens (primary N) is 1. The molecule has 2 fully saturated rings. The quantitative estimate of drug-likeness (QED) is 0.792. The molecule has 118 valence electrons. The zero-order chi connectivity index (χ0) is 16.1. The number of carbonyl (C=O) groups is 2. The van der Waals surface area contributed by atoms with Gasteiger partial charge in [0.25, 0.3) is 0 Å². The van der Waals surface area contributed by atoms with E-state index in [4.69, 9.17) is 16.3 Å². The minimum Gasteiger partial charge on any atom is -0.327 e. The molecular formula is C15H21N5O2. The Bertz CT molecular complexity index is 475. The number of nitriles is 2. The number of carbonyl (C=O) groups excluding carboxylic acids is 2. The monoisotopic (exact) mass is 303 g/mol. The van der Waals surface area contributed by atoms with Crippen molar-refractivity contribution in [1.82, 2.24) is 9.80 Å². The number of likely N-dealkylation sites (tertiary alicyclic amines) is 2. The van der Waals surface area contributed by atoms with E-state index >= 15 is 0 Å². The average molecular weight is 303 g/mol. The minimum absolute atomic E-state index is 0.0645. The molecule has 22 heavy (non-hydrogen) atoms. The standard InChI is InChI=1S/C15H21N5O2/c16-9-12-3-1-5-19(12)14(21)7-11(18)8-15(22)20-6-2-4-13(20)10-17/h11-13H,1-8,18H2/t12-,13-/m0/s1. The molecule has 2 rings (SSSR count). The summed E-state index contributed by atoms with van der Waals surface area (Å²) in [5, 5.41) is 18.0. The van der Waals surface area contributed by atoms with Gasteiger partial charge in [0.05, 0.1) is 12.1 Å². The van der Waals surface area contributed by atoms with Gasteiger partial charge >= 0.3 is 0 Å². The molecule has 7 heteroatoms. The first-order valence-electron chi connectivity index (χ1n) is 7.70. The lowest BCUT2D eigenvalue weighted by molar-refractivity contribution is -0.133. The highest BCUT2D eigenvalue weighted by molar-refractivity contribution is 5.81. The highest BCUT2D eigenvalue weighted by Crippen LogP contribution is 2.20. The smallest absolute Gasteiger partial charge is 0.225 e. The van der Waals surface area contributed by atoms with E-state index in [1.54, 1.807) is 9.80 Å². The highest BCUT2D eigenvalue weighted by atomic mass is 16.2. The van der Waals surface area contributed by atoms with Crippen molar-refractivity contribution in [3.05, 3.63) is 0 Å². The Morgan fingerprint density at radius 3 is 1.77 bits per heavy atom. The molecule has 0 aromatic heterocycles. The first-order chi connectivity index (χ1) is 10.6. The van der Waals surface area contributed by atoms with E-state index in [1.165, 1.54) is 0 Å². The van der Waals surface area contributed by atoms with E-state index in [9.17, 15) is 9.59 Å². The van der Waals surface area contributed by atoms with Crippen molar-refractivity contribution in [2.24, 2.45) is 5.73 Å². The molecule has 0 unspecified atom stereocenters. The molecule has 2 amide bonds. The zero-order valence-electron chi connectivity index (χ0n) is 12.6. The van der Waals surface area contributed by atoms with Crippen LogP contribution in [-0.2, 0) is 9.59 Å². The predicted molar refractivity (Wildman–Crippen MR) is 77.9 cm³/mol. The normalized spacial score (nSPS) is 24.4. The minimum atomic E-state index is -0.570. The first kappa shape index (κ1) is 16.3. The highest BCUT2D eigenvalue weighted by Gasteiger charge is 2.32. The molecule has 2 aliphatic heterocycles. The summed E-state index contributed by atoms with van der Waals surface area (Å²) < 4.78 is 0. The van der Waals surface area contributed by atoms with Gasteiger partial charge in [-0.25, -0.2) is 0 Å². The Morgan fingerprint density at radius 1 is 1.00 bits per heavy atom.